The topological polar surface area (TPSA) is 57.5 Å². The van der Waals surface area contributed by atoms with Crippen molar-refractivity contribution in [2.45, 2.75) is 13.5 Å². The van der Waals surface area contributed by atoms with Crippen molar-refractivity contribution in [3.05, 3.63) is 33.0 Å². The van der Waals surface area contributed by atoms with Gasteiger partial charge in [0.25, 0.3) is 0 Å². The van der Waals surface area contributed by atoms with E-state index in [4.69, 9.17) is 10.2 Å². The first-order valence-electron chi connectivity index (χ1n) is 3.80. The molecule has 0 saturated heterocycles. The fraction of sp³-hybridized carbons (Fsp3) is 0.222. The molecule has 0 aliphatic rings. The van der Waals surface area contributed by atoms with Crippen molar-refractivity contribution in [3.8, 4) is 0 Å². The molecular weight excluding hydrogens is 255 g/mol. The molecule has 0 aliphatic carbocycles. The Bertz CT molecular complexity index is 390. The molecule has 76 valence electrons. The molecule has 0 radical (unpaired) electrons. The van der Waals surface area contributed by atoms with Crippen molar-refractivity contribution in [3.63, 3.8) is 0 Å². The third-order valence-corrected chi connectivity index (χ3v) is 2.54. The summed E-state index contributed by atoms with van der Waals surface area (Å²) < 4.78 is 13.7. The SMILES string of the molecule is Cc1cc(Br)c(C(=O)O)c(F)c1CO. The minimum absolute atomic E-state index is 0.0191. The lowest BCUT2D eigenvalue weighted by Gasteiger charge is -2.08. The van der Waals surface area contributed by atoms with Crippen molar-refractivity contribution < 1.29 is 19.4 Å². The highest BCUT2D eigenvalue weighted by Crippen LogP contribution is 2.26. The zero-order valence-corrected chi connectivity index (χ0v) is 8.93. The molecule has 0 heterocycles. The number of carboxylic acids is 1. The van der Waals surface area contributed by atoms with E-state index in [1.807, 2.05) is 0 Å². The second-order valence-corrected chi connectivity index (χ2v) is 3.66. The molecule has 0 saturated carbocycles. The molecule has 3 nitrogen and oxygen atoms in total. The van der Waals surface area contributed by atoms with Gasteiger partial charge in [-0.2, -0.15) is 0 Å². The highest BCUT2D eigenvalue weighted by atomic mass is 79.9. The Morgan fingerprint density at radius 3 is 2.64 bits per heavy atom. The predicted octanol–water partition coefficient (Wildman–Crippen LogP) is 2.09. The Hall–Kier alpha value is -0.940. The molecule has 0 amide bonds. The number of hydrogen-bond donors (Lipinski definition) is 2. The van der Waals surface area contributed by atoms with Crippen LogP contribution in [0.5, 0.6) is 0 Å². The van der Waals surface area contributed by atoms with E-state index in [2.05, 4.69) is 15.9 Å². The smallest absolute Gasteiger partial charge is 0.339 e. The Balaban J connectivity index is 3.52. The maximum atomic E-state index is 13.5. The number of carbonyl (C=O) groups is 1. The number of aryl methyl sites for hydroxylation is 1. The fourth-order valence-electron chi connectivity index (χ4n) is 1.17. The quantitative estimate of drug-likeness (QED) is 0.858. The summed E-state index contributed by atoms with van der Waals surface area (Å²) in [5.74, 6) is -2.24. The molecule has 1 rings (SSSR count). The van der Waals surface area contributed by atoms with Crippen LogP contribution in [0.15, 0.2) is 10.5 Å². The number of benzene rings is 1. The number of aromatic carboxylic acids is 1. The fourth-order valence-corrected chi connectivity index (χ4v) is 1.86. The molecule has 1 aromatic rings. The summed E-state index contributed by atoms with van der Waals surface area (Å²) in [6, 6.07) is 1.47. The van der Waals surface area contributed by atoms with E-state index in [1.165, 1.54) is 6.07 Å². The number of carboxylic acid groups (broad SMARTS) is 1. The first-order chi connectivity index (χ1) is 6.49. The van der Waals surface area contributed by atoms with Crippen LogP contribution >= 0.6 is 15.9 Å². The third-order valence-electron chi connectivity index (χ3n) is 1.91. The lowest BCUT2D eigenvalue weighted by molar-refractivity contribution is 0.0690. The highest BCUT2D eigenvalue weighted by Gasteiger charge is 2.19. The zero-order chi connectivity index (χ0) is 10.9. The lowest BCUT2D eigenvalue weighted by atomic mass is 10.0. The lowest BCUT2D eigenvalue weighted by Crippen LogP contribution is -2.07. The first kappa shape index (κ1) is 11.1. The van der Waals surface area contributed by atoms with Crippen LogP contribution in [0.3, 0.4) is 0 Å². The second-order valence-electron chi connectivity index (χ2n) is 2.81. The van der Waals surface area contributed by atoms with Crippen LogP contribution in [0.2, 0.25) is 0 Å². The molecule has 2 N–H and O–H groups in total. The second kappa shape index (κ2) is 4.06. The maximum Gasteiger partial charge on any atom is 0.339 e. The molecule has 1 aromatic carbocycles. The zero-order valence-electron chi connectivity index (χ0n) is 7.34. The molecule has 0 aliphatic heterocycles. The van der Waals surface area contributed by atoms with Gasteiger partial charge in [-0.1, -0.05) is 0 Å². The Labute approximate surface area is 88.3 Å². The van der Waals surface area contributed by atoms with Gasteiger partial charge in [-0.05, 0) is 34.5 Å². The Morgan fingerprint density at radius 2 is 2.21 bits per heavy atom. The number of hydrogen-bond acceptors (Lipinski definition) is 2. The standard InChI is InChI=1S/C9H8BrFO3/c1-4-2-6(10)7(9(13)14)8(11)5(4)3-12/h2,12H,3H2,1H3,(H,13,14). The highest BCUT2D eigenvalue weighted by molar-refractivity contribution is 9.10. The van der Waals surface area contributed by atoms with Crippen LogP contribution in [0.4, 0.5) is 4.39 Å². The maximum absolute atomic E-state index is 13.5. The van der Waals surface area contributed by atoms with E-state index in [9.17, 15) is 9.18 Å². The number of halogens is 2. The van der Waals surface area contributed by atoms with Gasteiger partial charge in [-0.3, -0.25) is 0 Å². The number of rotatable bonds is 2. The summed E-state index contributed by atoms with van der Waals surface area (Å²) in [6.07, 6.45) is 0. The normalized spacial score (nSPS) is 10.3. The summed E-state index contributed by atoms with van der Waals surface area (Å²) in [6.45, 7) is 1.09. The summed E-state index contributed by atoms with van der Waals surface area (Å²) in [7, 11) is 0. The molecule has 5 heteroatoms. The average molecular weight is 263 g/mol. The molecule has 0 aromatic heterocycles. The summed E-state index contributed by atoms with van der Waals surface area (Å²) >= 11 is 2.96. The van der Waals surface area contributed by atoms with E-state index < -0.39 is 24.0 Å². The molecule has 14 heavy (non-hydrogen) atoms. The number of aliphatic hydroxyl groups excluding tert-OH is 1. The van der Waals surface area contributed by atoms with Crippen LogP contribution in [0.25, 0.3) is 0 Å². The van der Waals surface area contributed by atoms with E-state index in [-0.39, 0.29) is 10.0 Å². The van der Waals surface area contributed by atoms with Gasteiger partial charge in [0.15, 0.2) is 0 Å². The van der Waals surface area contributed by atoms with Crippen molar-refractivity contribution in [1.29, 1.82) is 0 Å². The van der Waals surface area contributed by atoms with Gasteiger partial charge in [0.2, 0.25) is 0 Å². The van der Waals surface area contributed by atoms with Crippen LogP contribution in [0.1, 0.15) is 21.5 Å². The van der Waals surface area contributed by atoms with Gasteiger partial charge in [-0.25, -0.2) is 9.18 Å². The molecule has 0 atom stereocenters. The predicted molar refractivity (Wildman–Crippen MR) is 51.7 cm³/mol. The molecule has 0 spiro atoms. The van der Waals surface area contributed by atoms with Gasteiger partial charge < -0.3 is 10.2 Å². The first-order valence-corrected chi connectivity index (χ1v) is 4.60. The van der Waals surface area contributed by atoms with E-state index in [0.717, 1.165) is 0 Å². The van der Waals surface area contributed by atoms with Gasteiger partial charge in [0.05, 0.1) is 6.61 Å². The Kier molecular flexibility index (Phi) is 3.23. The van der Waals surface area contributed by atoms with E-state index in [0.29, 0.717) is 5.56 Å². The van der Waals surface area contributed by atoms with E-state index in [1.54, 1.807) is 6.92 Å². The largest absolute Gasteiger partial charge is 0.478 e. The van der Waals surface area contributed by atoms with Gasteiger partial charge in [0, 0.05) is 10.0 Å². The molecule has 0 fully saturated rings. The summed E-state index contributed by atoms with van der Waals surface area (Å²) in [5, 5.41) is 17.6. The van der Waals surface area contributed by atoms with Gasteiger partial charge in [-0.15, -0.1) is 0 Å². The minimum Gasteiger partial charge on any atom is -0.478 e. The van der Waals surface area contributed by atoms with Crippen LogP contribution < -0.4 is 0 Å². The monoisotopic (exact) mass is 262 g/mol. The molecule has 0 unspecified atom stereocenters. The average Bonchev–Trinajstić information content (AvgIpc) is 2.02. The molecule has 0 bridgehead atoms. The van der Waals surface area contributed by atoms with Crippen molar-refractivity contribution in [1.82, 2.24) is 0 Å². The summed E-state index contributed by atoms with van der Waals surface area (Å²) in [5.41, 5.74) is 0.0899. The van der Waals surface area contributed by atoms with Crippen LogP contribution in [-0.4, -0.2) is 16.2 Å². The van der Waals surface area contributed by atoms with Crippen LogP contribution in [-0.2, 0) is 6.61 Å². The minimum atomic E-state index is -1.36. The molecular formula is C9H8BrFO3. The Morgan fingerprint density at radius 1 is 1.64 bits per heavy atom. The van der Waals surface area contributed by atoms with Crippen molar-refractivity contribution in [2.24, 2.45) is 0 Å². The number of aliphatic hydroxyl groups is 1. The van der Waals surface area contributed by atoms with Gasteiger partial charge in [0.1, 0.15) is 11.4 Å². The van der Waals surface area contributed by atoms with Crippen molar-refractivity contribution >= 4 is 21.9 Å². The van der Waals surface area contributed by atoms with Gasteiger partial charge >= 0.3 is 5.97 Å². The van der Waals surface area contributed by atoms with E-state index >= 15 is 0 Å². The summed E-state index contributed by atoms with van der Waals surface area (Å²) in [4.78, 5) is 10.7. The third kappa shape index (κ3) is 1.78. The van der Waals surface area contributed by atoms with Crippen LogP contribution in [0, 0.1) is 12.7 Å². The van der Waals surface area contributed by atoms with Crippen molar-refractivity contribution in [2.75, 3.05) is 0 Å².